The number of hydrogen-bond acceptors (Lipinski definition) is 2. The molecule has 0 aliphatic carbocycles. The third kappa shape index (κ3) is 4.03. The van der Waals surface area contributed by atoms with Crippen molar-refractivity contribution in [3.63, 3.8) is 0 Å². The number of anilines is 1. The highest BCUT2D eigenvalue weighted by atomic mass is 79.9. The zero-order valence-corrected chi connectivity index (χ0v) is 17.0. The smallest absolute Gasteiger partial charge is 0.415 e. The number of aryl methyl sites for hydroxylation is 1. The van der Waals surface area contributed by atoms with Crippen LogP contribution in [0.2, 0.25) is 0 Å². The Labute approximate surface area is 176 Å². The molecule has 0 fully saturated rings. The van der Waals surface area contributed by atoms with Gasteiger partial charge in [-0.25, -0.2) is 13.6 Å². The molecule has 1 atom stereocenters. The first kappa shape index (κ1) is 19.6. The monoisotopic (exact) mass is 457 g/mol. The van der Waals surface area contributed by atoms with Gasteiger partial charge in [0.15, 0.2) is 0 Å². The first-order valence-electron chi connectivity index (χ1n) is 9.27. The second kappa shape index (κ2) is 8.33. The minimum absolute atomic E-state index is 0.0779. The van der Waals surface area contributed by atoms with Gasteiger partial charge in [0.05, 0.1) is 16.2 Å². The molecule has 0 aromatic heterocycles. The fourth-order valence-electron chi connectivity index (χ4n) is 3.65. The number of carbonyl (C=O) groups is 1. The van der Waals surface area contributed by atoms with E-state index in [2.05, 4.69) is 15.9 Å². The fraction of sp³-hybridized carbons (Fsp3) is 0.174. The Hall–Kier alpha value is -2.73. The molecular formula is C23H18BrF2NO2. The number of fused-ring (bicyclic) bond motifs is 1. The van der Waals surface area contributed by atoms with E-state index < -0.39 is 23.8 Å². The maximum atomic E-state index is 14.5. The van der Waals surface area contributed by atoms with Gasteiger partial charge >= 0.3 is 6.09 Å². The largest absolute Gasteiger partial charge is 0.444 e. The maximum absolute atomic E-state index is 14.5. The van der Waals surface area contributed by atoms with Gasteiger partial charge in [0.1, 0.15) is 18.2 Å². The molecule has 0 saturated heterocycles. The Morgan fingerprint density at radius 2 is 1.76 bits per heavy atom. The Morgan fingerprint density at radius 1 is 1.03 bits per heavy atom. The molecule has 148 valence electrons. The SMILES string of the molecule is O=C(OCc1ccccc1)N1c2cc(F)c(Br)cc2CCC1c1ccccc1F. The van der Waals surface area contributed by atoms with Crippen molar-refractivity contribution in [1.29, 1.82) is 0 Å². The zero-order chi connectivity index (χ0) is 20.4. The van der Waals surface area contributed by atoms with Crippen LogP contribution >= 0.6 is 15.9 Å². The molecule has 1 heterocycles. The molecule has 1 amide bonds. The van der Waals surface area contributed by atoms with Gasteiger partial charge < -0.3 is 4.74 Å². The minimum atomic E-state index is -0.634. The lowest BCUT2D eigenvalue weighted by molar-refractivity contribution is 0.143. The van der Waals surface area contributed by atoms with E-state index in [0.29, 0.717) is 28.6 Å². The summed E-state index contributed by atoms with van der Waals surface area (Å²) in [6.07, 6.45) is 0.465. The van der Waals surface area contributed by atoms with Crippen LogP contribution in [-0.4, -0.2) is 6.09 Å². The number of carbonyl (C=O) groups excluding carboxylic acids is 1. The summed E-state index contributed by atoms with van der Waals surface area (Å²) >= 11 is 3.19. The van der Waals surface area contributed by atoms with Crippen LogP contribution in [0.3, 0.4) is 0 Å². The first-order valence-corrected chi connectivity index (χ1v) is 10.1. The molecule has 6 heteroatoms. The number of halogens is 3. The number of hydrogen-bond donors (Lipinski definition) is 0. The summed E-state index contributed by atoms with van der Waals surface area (Å²) in [5.74, 6) is -0.891. The van der Waals surface area contributed by atoms with E-state index in [-0.39, 0.29) is 6.61 Å². The Balaban J connectivity index is 1.71. The van der Waals surface area contributed by atoms with Crippen molar-refractivity contribution in [3.05, 3.63) is 99.5 Å². The Kier molecular flexibility index (Phi) is 5.62. The fourth-order valence-corrected chi connectivity index (χ4v) is 4.04. The van der Waals surface area contributed by atoms with Crippen molar-refractivity contribution in [2.45, 2.75) is 25.5 Å². The van der Waals surface area contributed by atoms with Crippen LogP contribution in [0, 0.1) is 11.6 Å². The first-order chi connectivity index (χ1) is 14.0. The average Bonchev–Trinajstić information content (AvgIpc) is 2.73. The van der Waals surface area contributed by atoms with Crippen molar-refractivity contribution in [2.24, 2.45) is 0 Å². The lowest BCUT2D eigenvalue weighted by Gasteiger charge is -2.37. The van der Waals surface area contributed by atoms with Crippen LogP contribution in [0.5, 0.6) is 0 Å². The molecule has 3 aromatic rings. The molecule has 1 aliphatic rings. The summed E-state index contributed by atoms with van der Waals surface area (Å²) in [6.45, 7) is 0.0779. The minimum Gasteiger partial charge on any atom is -0.444 e. The van der Waals surface area contributed by atoms with E-state index in [0.717, 1.165) is 11.1 Å². The summed E-state index contributed by atoms with van der Waals surface area (Å²) in [5.41, 5.74) is 2.44. The standard InChI is InChI=1S/C23H18BrF2NO2/c24-18-12-16-10-11-21(17-8-4-5-9-19(17)25)27(22(16)13-20(18)26)23(28)29-14-15-6-2-1-3-7-15/h1-9,12-13,21H,10-11,14H2. The Bertz CT molecular complexity index is 1040. The normalized spacial score (nSPS) is 15.7. The number of nitrogens with zero attached hydrogens (tertiary/aromatic N) is 1. The molecule has 3 aromatic carbocycles. The van der Waals surface area contributed by atoms with E-state index in [1.165, 1.54) is 17.0 Å². The molecule has 0 N–H and O–H groups in total. The predicted octanol–water partition coefficient (Wildman–Crippen LogP) is 6.56. The molecule has 0 radical (unpaired) electrons. The second-order valence-corrected chi connectivity index (χ2v) is 7.74. The highest BCUT2D eigenvalue weighted by Crippen LogP contribution is 2.41. The van der Waals surface area contributed by atoms with Crippen molar-refractivity contribution in [2.75, 3.05) is 4.90 Å². The maximum Gasteiger partial charge on any atom is 0.415 e. The van der Waals surface area contributed by atoms with Gasteiger partial charge in [-0.3, -0.25) is 4.90 Å². The van der Waals surface area contributed by atoms with Gasteiger partial charge in [-0.1, -0.05) is 48.5 Å². The molecule has 0 spiro atoms. The lowest BCUT2D eigenvalue weighted by Crippen LogP contribution is -2.39. The second-order valence-electron chi connectivity index (χ2n) is 6.88. The van der Waals surface area contributed by atoms with Crippen LogP contribution in [0.1, 0.15) is 29.2 Å². The van der Waals surface area contributed by atoms with Gasteiger partial charge in [0.2, 0.25) is 0 Å². The van der Waals surface area contributed by atoms with E-state index >= 15 is 0 Å². The van der Waals surface area contributed by atoms with Gasteiger partial charge in [-0.2, -0.15) is 0 Å². The third-order valence-corrected chi connectivity index (χ3v) is 5.65. The predicted molar refractivity (Wildman–Crippen MR) is 111 cm³/mol. The Morgan fingerprint density at radius 3 is 2.52 bits per heavy atom. The average molecular weight is 458 g/mol. The number of ether oxygens (including phenoxy) is 1. The molecule has 0 bridgehead atoms. The van der Waals surface area contributed by atoms with Crippen molar-refractivity contribution < 1.29 is 18.3 Å². The number of benzene rings is 3. The number of rotatable bonds is 3. The van der Waals surface area contributed by atoms with Gasteiger partial charge in [-0.15, -0.1) is 0 Å². The number of amides is 1. The van der Waals surface area contributed by atoms with Crippen molar-refractivity contribution in [3.8, 4) is 0 Å². The van der Waals surface area contributed by atoms with E-state index in [4.69, 9.17) is 4.74 Å². The van der Waals surface area contributed by atoms with Crippen molar-refractivity contribution >= 4 is 27.7 Å². The van der Waals surface area contributed by atoms with Crippen LogP contribution in [0.4, 0.5) is 19.3 Å². The van der Waals surface area contributed by atoms with E-state index in [1.807, 2.05) is 30.3 Å². The lowest BCUT2D eigenvalue weighted by atomic mass is 9.91. The molecule has 4 rings (SSSR count). The zero-order valence-electron chi connectivity index (χ0n) is 15.4. The van der Waals surface area contributed by atoms with Crippen LogP contribution < -0.4 is 4.90 Å². The van der Waals surface area contributed by atoms with Crippen LogP contribution in [0.15, 0.2) is 71.2 Å². The molecule has 29 heavy (non-hydrogen) atoms. The summed E-state index contributed by atoms with van der Waals surface area (Å²) in [6, 6.07) is 18.0. The molecular weight excluding hydrogens is 440 g/mol. The molecule has 0 saturated carbocycles. The molecule has 1 aliphatic heterocycles. The summed E-state index contributed by atoms with van der Waals surface area (Å²) < 4.78 is 34.7. The van der Waals surface area contributed by atoms with E-state index in [1.54, 1.807) is 24.3 Å². The highest BCUT2D eigenvalue weighted by Gasteiger charge is 2.35. The quantitative estimate of drug-likeness (QED) is 0.445. The van der Waals surface area contributed by atoms with E-state index in [9.17, 15) is 13.6 Å². The van der Waals surface area contributed by atoms with Gasteiger partial charge in [0, 0.05) is 5.56 Å². The van der Waals surface area contributed by atoms with Crippen molar-refractivity contribution in [1.82, 2.24) is 0 Å². The summed E-state index contributed by atoms with van der Waals surface area (Å²) in [5, 5.41) is 0. The molecule has 3 nitrogen and oxygen atoms in total. The van der Waals surface area contributed by atoms with Gasteiger partial charge in [-0.05, 0) is 58.1 Å². The van der Waals surface area contributed by atoms with Crippen LogP contribution in [0.25, 0.3) is 0 Å². The summed E-state index contributed by atoms with van der Waals surface area (Å²) in [7, 11) is 0. The third-order valence-electron chi connectivity index (χ3n) is 5.05. The highest BCUT2D eigenvalue weighted by molar-refractivity contribution is 9.10. The van der Waals surface area contributed by atoms with Crippen LogP contribution in [-0.2, 0) is 17.8 Å². The van der Waals surface area contributed by atoms with Gasteiger partial charge in [0.25, 0.3) is 0 Å². The summed E-state index contributed by atoms with van der Waals surface area (Å²) in [4.78, 5) is 14.4. The molecule has 1 unspecified atom stereocenters. The topological polar surface area (TPSA) is 29.5 Å².